The summed E-state index contributed by atoms with van der Waals surface area (Å²) in [6.45, 7) is 2.01. The number of carbonyl (C=O) groups is 1. The third-order valence-corrected chi connectivity index (χ3v) is 4.75. The lowest BCUT2D eigenvalue weighted by molar-refractivity contribution is 0.0882. The summed E-state index contributed by atoms with van der Waals surface area (Å²) < 4.78 is 10.1. The Bertz CT molecular complexity index is 686. The van der Waals surface area contributed by atoms with Crippen molar-refractivity contribution in [3.63, 3.8) is 0 Å². The highest BCUT2D eigenvalue weighted by Crippen LogP contribution is 2.34. The van der Waals surface area contributed by atoms with Crippen LogP contribution in [0.5, 0.6) is 0 Å². The summed E-state index contributed by atoms with van der Waals surface area (Å²) in [4.78, 5) is 14.7. The number of amides is 1. The minimum Gasteiger partial charge on any atom is -0.377 e. The van der Waals surface area contributed by atoms with Gasteiger partial charge in [-0.15, -0.1) is 0 Å². The van der Waals surface area contributed by atoms with Gasteiger partial charge in [-0.25, -0.2) is 0 Å². The van der Waals surface area contributed by atoms with Crippen LogP contribution in [0, 0.1) is 5.92 Å². The fraction of sp³-hybridized carbons (Fsp3) is 0.474. The van der Waals surface area contributed by atoms with E-state index in [2.05, 4.69) is 46.7 Å². The number of carbonyl (C=O) groups excluding carboxylic acids is 1. The van der Waals surface area contributed by atoms with Crippen LogP contribution in [0.3, 0.4) is 0 Å². The van der Waals surface area contributed by atoms with E-state index >= 15 is 0 Å². The van der Waals surface area contributed by atoms with E-state index in [9.17, 15) is 4.79 Å². The third kappa shape index (κ3) is 4.27. The second-order valence-electron chi connectivity index (χ2n) is 6.56. The summed E-state index contributed by atoms with van der Waals surface area (Å²) in [5.74, 6) is 0.716. The van der Waals surface area contributed by atoms with Gasteiger partial charge in [0.15, 0.2) is 11.5 Å². The molecule has 0 unspecified atom stereocenters. The van der Waals surface area contributed by atoms with Crippen LogP contribution in [0.4, 0.5) is 0 Å². The zero-order chi connectivity index (χ0) is 17.6. The van der Waals surface area contributed by atoms with Crippen LogP contribution in [0.25, 0.3) is 0 Å². The van der Waals surface area contributed by atoms with Crippen molar-refractivity contribution in [2.24, 2.45) is 5.92 Å². The second kappa shape index (κ2) is 8.27. The molecule has 1 N–H and O–H groups in total. The largest absolute Gasteiger partial charge is 0.377 e. The van der Waals surface area contributed by atoms with Crippen LogP contribution in [0.15, 0.2) is 40.9 Å². The minimum atomic E-state index is -0.203. The Morgan fingerprint density at radius 1 is 1.40 bits per heavy atom. The summed E-state index contributed by atoms with van der Waals surface area (Å²) in [5, 5.41) is 6.83. The molecular formula is C19H25N3O3. The van der Waals surface area contributed by atoms with E-state index in [1.807, 2.05) is 6.07 Å². The van der Waals surface area contributed by atoms with Gasteiger partial charge in [0, 0.05) is 25.8 Å². The van der Waals surface area contributed by atoms with Gasteiger partial charge in [0.1, 0.15) is 6.61 Å². The Kier molecular flexibility index (Phi) is 5.83. The van der Waals surface area contributed by atoms with Crippen molar-refractivity contribution in [1.29, 1.82) is 0 Å². The SMILES string of the molecule is COCc1cc(C(=O)NC[C@H]2CCCN(C)[C@@H]2c2ccccc2)no1. The lowest BCUT2D eigenvalue weighted by Gasteiger charge is -2.39. The quantitative estimate of drug-likeness (QED) is 0.873. The highest BCUT2D eigenvalue weighted by atomic mass is 16.5. The molecule has 2 atom stereocenters. The Morgan fingerprint density at radius 3 is 2.96 bits per heavy atom. The fourth-order valence-corrected chi connectivity index (χ4v) is 3.59. The van der Waals surface area contributed by atoms with Crippen molar-refractivity contribution >= 4 is 5.91 Å². The van der Waals surface area contributed by atoms with E-state index in [1.165, 1.54) is 5.56 Å². The van der Waals surface area contributed by atoms with E-state index < -0.39 is 0 Å². The van der Waals surface area contributed by atoms with Gasteiger partial charge < -0.3 is 14.6 Å². The van der Waals surface area contributed by atoms with Crippen molar-refractivity contribution in [2.75, 3.05) is 27.2 Å². The van der Waals surface area contributed by atoms with E-state index in [1.54, 1.807) is 13.2 Å². The van der Waals surface area contributed by atoms with E-state index in [-0.39, 0.29) is 5.91 Å². The molecule has 25 heavy (non-hydrogen) atoms. The monoisotopic (exact) mass is 343 g/mol. The molecule has 0 spiro atoms. The molecule has 134 valence electrons. The Balaban J connectivity index is 1.64. The maximum atomic E-state index is 12.3. The number of benzene rings is 1. The van der Waals surface area contributed by atoms with E-state index in [4.69, 9.17) is 9.26 Å². The summed E-state index contributed by atoms with van der Waals surface area (Å²) in [6.07, 6.45) is 2.24. The first-order valence-corrected chi connectivity index (χ1v) is 8.67. The summed E-state index contributed by atoms with van der Waals surface area (Å²) >= 11 is 0. The topological polar surface area (TPSA) is 67.6 Å². The van der Waals surface area contributed by atoms with Gasteiger partial charge in [0.25, 0.3) is 5.91 Å². The Hall–Kier alpha value is -2.18. The molecule has 6 nitrogen and oxygen atoms in total. The van der Waals surface area contributed by atoms with Crippen LogP contribution in [0.2, 0.25) is 0 Å². The summed E-state index contributed by atoms with van der Waals surface area (Å²) in [5.41, 5.74) is 1.60. The van der Waals surface area contributed by atoms with Gasteiger partial charge >= 0.3 is 0 Å². The number of nitrogens with one attached hydrogen (secondary N) is 1. The van der Waals surface area contributed by atoms with Crippen molar-refractivity contribution in [2.45, 2.75) is 25.5 Å². The molecule has 1 aromatic heterocycles. The number of hydrogen-bond donors (Lipinski definition) is 1. The maximum Gasteiger partial charge on any atom is 0.273 e. The molecule has 1 aliphatic rings. The van der Waals surface area contributed by atoms with Gasteiger partial charge in [-0.1, -0.05) is 35.5 Å². The standard InChI is InChI=1S/C19H25N3O3/c1-22-10-6-9-15(18(22)14-7-4-3-5-8-14)12-20-19(23)17-11-16(13-24-2)25-21-17/h3-5,7-8,11,15,18H,6,9-10,12-13H2,1-2H3,(H,20,23)/t15-,18-/m1/s1. The lowest BCUT2D eigenvalue weighted by Crippen LogP contribution is -2.41. The molecule has 2 aromatic rings. The van der Waals surface area contributed by atoms with E-state index in [0.29, 0.717) is 36.6 Å². The van der Waals surface area contributed by atoms with Gasteiger partial charge in [0.05, 0.1) is 0 Å². The first kappa shape index (κ1) is 17.6. The molecule has 0 aliphatic carbocycles. The molecule has 0 bridgehead atoms. The molecule has 3 rings (SSSR count). The molecule has 0 radical (unpaired) electrons. The third-order valence-electron chi connectivity index (χ3n) is 4.75. The van der Waals surface area contributed by atoms with Gasteiger partial charge in [-0.05, 0) is 37.9 Å². The number of likely N-dealkylation sites (tertiary alicyclic amines) is 1. The van der Waals surface area contributed by atoms with Crippen molar-refractivity contribution in [3.05, 3.63) is 53.4 Å². The van der Waals surface area contributed by atoms with Crippen LogP contribution in [-0.4, -0.2) is 43.2 Å². The van der Waals surface area contributed by atoms with E-state index in [0.717, 1.165) is 19.4 Å². The predicted molar refractivity (Wildman–Crippen MR) is 94.1 cm³/mol. The Labute approximate surface area is 148 Å². The number of hydrogen-bond acceptors (Lipinski definition) is 5. The molecular weight excluding hydrogens is 318 g/mol. The average molecular weight is 343 g/mol. The smallest absolute Gasteiger partial charge is 0.273 e. The maximum absolute atomic E-state index is 12.3. The van der Waals surface area contributed by atoms with Crippen molar-refractivity contribution in [1.82, 2.24) is 15.4 Å². The first-order valence-electron chi connectivity index (χ1n) is 8.67. The zero-order valence-electron chi connectivity index (χ0n) is 14.8. The number of methoxy groups -OCH3 is 1. The lowest BCUT2D eigenvalue weighted by atomic mass is 9.85. The zero-order valence-corrected chi connectivity index (χ0v) is 14.8. The number of rotatable bonds is 6. The van der Waals surface area contributed by atoms with Gasteiger partial charge in [-0.2, -0.15) is 0 Å². The normalized spacial score (nSPS) is 21.2. The summed E-state index contributed by atoms with van der Waals surface area (Å²) in [7, 11) is 3.73. The number of aromatic nitrogens is 1. The highest BCUT2D eigenvalue weighted by Gasteiger charge is 2.30. The van der Waals surface area contributed by atoms with Crippen LogP contribution in [-0.2, 0) is 11.3 Å². The molecule has 6 heteroatoms. The predicted octanol–water partition coefficient (Wildman–Crippen LogP) is 2.63. The number of piperidine rings is 1. The van der Waals surface area contributed by atoms with Gasteiger partial charge in [0.2, 0.25) is 0 Å². The summed E-state index contributed by atoms with van der Waals surface area (Å²) in [6, 6.07) is 12.4. The average Bonchev–Trinajstić information content (AvgIpc) is 3.09. The molecule has 1 fully saturated rings. The molecule has 0 saturated carbocycles. The molecule has 1 aliphatic heterocycles. The molecule has 2 heterocycles. The molecule has 1 amide bonds. The number of ether oxygens (including phenoxy) is 1. The Morgan fingerprint density at radius 2 is 2.20 bits per heavy atom. The van der Waals surface area contributed by atoms with Crippen LogP contribution >= 0.6 is 0 Å². The van der Waals surface area contributed by atoms with Crippen LogP contribution in [0.1, 0.15) is 40.7 Å². The fourth-order valence-electron chi connectivity index (χ4n) is 3.59. The van der Waals surface area contributed by atoms with Crippen LogP contribution < -0.4 is 5.32 Å². The molecule has 1 saturated heterocycles. The first-order chi connectivity index (χ1) is 12.2. The van der Waals surface area contributed by atoms with Gasteiger partial charge in [-0.3, -0.25) is 9.69 Å². The minimum absolute atomic E-state index is 0.203. The number of nitrogens with zero attached hydrogens (tertiary/aromatic N) is 2. The van der Waals surface area contributed by atoms with Crippen molar-refractivity contribution in [3.8, 4) is 0 Å². The molecule has 1 aromatic carbocycles. The second-order valence-corrected chi connectivity index (χ2v) is 6.56. The highest BCUT2D eigenvalue weighted by molar-refractivity contribution is 5.92. The van der Waals surface area contributed by atoms with Crippen molar-refractivity contribution < 1.29 is 14.1 Å².